The number of nitrogens with one attached hydrogen (secondary N) is 1. The molecule has 0 saturated heterocycles. The minimum absolute atomic E-state index is 0.274. The number of nitrogens with zero attached hydrogens (tertiary/aromatic N) is 2. The number of carboxylic acid groups (broad SMARTS) is 1. The lowest BCUT2D eigenvalue weighted by molar-refractivity contribution is 0.0697. The number of aromatic carboxylic acids is 1. The summed E-state index contributed by atoms with van der Waals surface area (Å²) in [6, 6.07) is 21.7. The molecule has 0 fully saturated rings. The molecule has 166 valence electrons. The van der Waals surface area contributed by atoms with Crippen molar-refractivity contribution < 1.29 is 9.90 Å². The molecule has 5 nitrogen and oxygen atoms in total. The fourth-order valence-corrected chi connectivity index (χ4v) is 5.03. The molecule has 0 aliphatic heterocycles. The predicted octanol–water partition coefficient (Wildman–Crippen LogP) is 7.04. The number of H-pyrrole nitrogens is 1. The average Bonchev–Trinajstić information content (AvgIpc) is 3.35. The summed E-state index contributed by atoms with van der Waals surface area (Å²) in [6.45, 7) is 2.93. The molecule has 0 spiro atoms. The van der Waals surface area contributed by atoms with Crippen LogP contribution in [0, 0.1) is 0 Å². The summed E-state index contributed by atoms with van der Waals surface area (Å²) in [5.41, 5.74) is 6.01. The lowest BCUT2D eigenvalue weighted by Crippen LogP contribution is -2.05. The molecule has 6 heteroatoms. The first kappa shape index (κ1) is 21.5. The van der Waals surface area contributed by atoms with E-state index in [0.29, 0.717) is 5.56 Å². The first-order valence-electron chi connectivity index (χ1n) is 11.1. The number of hydrogen-bond donors (Lipinski definition) is 2. The van der Waals surface area contributed by atoms with Crippen molar-refractivity contribution in [2.45, 2.75) is 32.7 Å². The highest BCUT2D eigenvalue weighted by molar-refractivity contribution is 9.10. The first-order valence-corrected chi connectivity index (χ1v) is 11.9. The Labute approximate surface area is 200 Å². The number of halogens is 1. The molecule has 0 radical (unpaired) electrons. The van der Waals surface area contributed by atoms with Gasteiger partial charge in [-0.3, -0.25) is 0 Å². The number of carbonyl (C=O) groups is 1. The van der Waals surface area contributed by atoms with Crippen LogP contribution in [-0.4, -0.2) is 25.6 Å². The van der Waals surface area contributed by atoms with E-state index in [1.165, 1.54) is 5.56 Å². The smallest absolute Gasteiger partial charge is 0.336 e. The number of fused-ring (bicyclic) bond motifs is 2. The van der Waals surface area contributed by atoms with Crippen molar-refractivity contribution in [2.24, 2.45) is 0 Å². The lowest BCUT2D eigenvalue weighted by atomic mass is 10.0. The van der Waals surface area contributed by atoms with Gasteiger partial charge >= 0.3 is 5.97 Å². The number of carboxylic acids is 1. The third kappa shape index (κ3) is 3.95. The van der Waals surface area contributed by atoms with Crippen LogP contribution in [0.25, 0.3) is 33.2 Å². The van der Waals surface area contributed by atoms with Gasteiger partial charge in [-0.15, -0.1) is 0 Å². The van der Waals surface area contributed by atoms with Crippen LogP contribution in [0.4, 0.5) is 0 Å². The highest BCUT2D eigenvalue weighted by Crippen LogP contribution is 2.37. The van der Waals surface area contributed by atoms with E-state index in [1.807, 2.05) is 18.2 Å². The van der Waals surface area contributed by atoms with E-state index in [0.717, 1.165) is 63.7 Å². The molecule has 2 heterocycles. The highest BCUT2D eigenvalue weighted by atomic mass is 79.9. The Bertz CT molecular complexity index is 1480. The van der Waals surface area contributed by atoms with Gasteiger partial charge < -0.3 is 14.7 Å². The molecule has 0 bridgehead atoms. The average molecular weight is 502 g/mol. The van der Waals surface area contributed by atoms with Gasteiger partial charge in [0, 0.05) is 29.4 Å². The van der Waals surface area contributed by atoms with Crippen LogP contribution >= 0.6 is 15.9 Å². The Kier molecular flexibility index (Phi) is 5.77. The zero-order valence-corrected chi connectivity index (χ0v) is 19.9. The third-order valence-electron chi connectivity index (χ3n) is 6.05. The van der Waals surface area contributed by atoms with Gasteiger partial charge in [0.25, 0.3) is 0 Å². The molecule has 5 aromatic rings. The van der Waals surface area contributed by atoms with Crippen molar-refractivity contribution in [2.75, 3.05) is 0 Å². The van der Waals surface area contributed by atoms with Gasteiger partial charge in [0.2, 0.25) is 0 Å². The SMILES string of the molecule is CCCCc1nc2ccccc2n1Cc1ccc2[nH]c(-c3ccccc3C(=O)O)c(Br)c2c1. The van der Waals surface area contributed by atoms with E-state index in [9.17, 15) is 9.90 Å². The Morgan fingerprint density at radius 3 is 2.70 bits per heavy atom. The zero-order chi connectivity index (χ0) is 22.9. The second-order valence-electron chi connectivity index (χ2n) is 8.25. The molecule has 0 amide bonds. The van der Waals surface area contributed by atoms with Crippen molar-refractivity contribution in [1.29, 1.82) is 0 Å². The standard InChI is InChI=1S/C27H24BrN3O2/c1-2-3-12-24-29-22-10-6-7-11-23(22)31(24)16-17-13-14-21-20(15-17)25(28)26(30-21)18-8-4-5-9-19(18)27(32)33/h4-11,13-15,30H,2-3,12,16H2,1H3,(H,32,33). The molecule has 0 atom stereocenters. The van der Waals surface area contributed by atoms with Gasteiger partial charge in [0.15, 0.2) is 0 Å². The second kappa shape index (κ2) is 8.87. The number of aryl methyl sites for hydroxylation is 1. The lowest BCUT2D eigenvalue weighted by Gasteiger charge is -2.10. The summed E-state index contributed by atoms with van der Waals surface area (Å²) in [4.78, 5) is 20.0. The van der Waals surface area contributed by atoms with Crippen molar-refractivity contribution >= 4 is 43.8 Å². The van der Waals surface area contributed by atoms with Gasteiger partial charge in [0.1, 0.15) is 5.82 Å². The van der Waals surface area contributed by atoms with Crippen molar-refractivity contribution in [3.8, 4) is 11.3 Å². The Morgan fingerprint density at radius 1 is 1.09 bits per heavy atom. The molecule has 0 aliphatic rings. The second-order valence-corrected chi connectivity index (χ2v) is 9.04. The van der Waals surface area contributed by atoms with Gasteiger partial charge in [-0.2, -0.15) is 0 Å². The van der Waals surface area contributed by atoms with E-state index in [-0.39, 0.29) is 5.56 Å². The minimum atomic E-state index is -0.941. The molecule has 0 unspecified atom stereocenters. The summed E-state index contributed by atoms with van der Waals surface area (Å²) >= 11 is 3.73. The van der Waals surface area contributed by atoms with Crippen LogP contribution < -0.4 is 0 Å². The monoisotopic (exact) mass is 501 g/mol. The quantitative estimate of drug-likeness (QED) is 0.251. The number of hydrogen-bond acceptors (Lipinski definition) is 2. The summed E-state index contributed by atoms with van der Waals surface area (Å²) < 4.78 is 3.18. The van der Waals surface area contributed by atoms with E-state index in [1.54, 1.807) is 12.1 Å². The maximum atomic E-state index is 11.7. The molecule has 2 aromatic heterocycles. The molecule has 0 aliphatic carbocycles. The summed E-state index contributed by atoms with van der Waals surface area (Å²) in [6.07, 6.45) is 3.20. The number of para-hydroxylation sites is 2. The van der Waals surface area contributed by atoms with Crippen molar-refractivity contribution in [3.63, 3.8) is 0 Å². The number of imidazole rings is 1. The van der Waals surface area contributed by atoms with Crippen LogP contribution in [0.3, 0.4) is 0 Å². The Hall–Kier alpha value is -3.38. The molecule has 2 N–H and O–H groups in total. The first-order chi connectivity index (χ1) is 16.1. The number of unbranched alkanes of at least 4 members (excludes halogenated alkanes) is 1. The van der Waals surface area contributed by atoms with E-state index >= 15 is 0 Å². The minimum Gasteiger partial charge on any atom is -0.478 e. The largest absolute Gasteiger partial charge is 0.478 e. The molecule has 0 saturated carbocycles. The van der Waals surface area contributed by atoms with Gasteiger partial charge in [-0.1, -0.05) is 49.7 Å². The number of rotatable bonds is 7. The van der Waals surface area contributed by atoms with Gasteiger partial charge in [0.05, 0.1) is 26.8 Å². The third-order valence-corrected chi connectivity index (χ3v) is 6.88. The van der Waals surface area contributed by atoms with Crippen molar-refractivity contribution in [3.05, 3.63) is 88.2 Å². The topological polar surface area (TPSA) is 70.9 Å². The predicted molar refractivity (Wildman–Crippen MR) is 136 cm³/mol. The van der Waals surface area contributed by atoms with E-state index in [4.69, 9.17) is 4.98 Å². The number of benzene rings is 3. The Morgan fingerprint density at radius 2 is 1.88 bits per heavy atom. The zero-order valence-electron chi connectivity index (χ0n) is 18.3. The number of aromatic amines is 1. The van der Waals surface area contributed by atoms with E-state index in [2.05, 4.69) is 68.8 Å². The summed E-state index contributed by atoms with van der Waals surface area (Å²) in [7, 11) is 0. The molecular weight excluding hydrogens is 478 g/mol. The van der Waals surface area contributed by atoms with Gasteiger partial charge in [-0.25, -0.2) is 9.78 Å². The summed E-state index contributed by atoms with van der Waals surface area (Å²) in [5, 5.41) is 10.6. The molecule has 5 rings (SSSR count). The van der Waals surface area contributed by atoms with Crippen LogP contribution in [0.5, 0.6) is 0 Å². The van der Waals surface area contributed by atoms with Crippen LogP contribution in [0.1, 0.15) is 41.5 Å². The fraction of sp³-hybridized carbons (Fsp3) is 0.185. The molecule has 3 aromatic carbocycles. The maximum absolute atomic E-state index is 11.7. The Balaban J connectivity index is 1.57. The fourth-order valence-electron chi connectivity index (χ4n) is 4.39. The van der Waals surface area contributed by atoms with E-state index < -0.39 is 5.97 Å². The number of aromatic nitrogens is 3. The highest BCUT2D eigenvalue weighted by Gasteiger charge is 2.18. The van der Waals surface area contributed by atoms with Crippen LogP contribution in [-0.2, 0) is 13.0 Å². The maximum Gasteiger partial charge on any atom is 0.336 e. The van der Waals surface area contributed by atoms with Crippen LogP contribution in [0.2, 0.25) is 0 Å². The molecule has 33 heavy (non-hydrogen) atoms. The summed E-state index contributed by atoms with van der Waals surface area (Å²) in [5.74, 6) is 0.172. The van der Waals surface area contributed by atoms with Crippen molar-refractivity contribution in [1.82, 2.24) is 14.5 Å². The van der Waals surface area contributed by atoms with Gasteiger partial charge in [-0.05, 0) is 58.2 Å². The normalized spacial score (nSPS) is 11.5. The molecular formula is C27H24BrN3O2. The van der Waals surface area contributed by atoms with Crippen LogP contribution in [0.15, 0.2) is 71.2 Å².